The molecular formula is C21H17ClO3S2. The first-order valence-corrected chi connectivity index (χ1v) is 9.80. The van der Waals surface area contributed by atoms with Gasteiger partial charge in [-0.1, -0.05) is 35.5 Å². The Kier molecular flexibility index (Phi) is 6.40. The van der Waals surface area contributed by atoms with E-state index in [1.54, 1.807) is 31.0 Å². The molecule has 2 aromatic rings. The number of ether oxygens (including phenoxy) is 2. The molecule has 6 heteroatoms. The molecule has 0 aromatic heterocycles. The van der Waals surface area contributed by atoms with Crippen LogP contribution in [0.1, 0.15) is 27.9 Å². The maximum atomic E-state index is 11.9. The van der Waals surface area contributed by atoms with Crippen LogP contribution in [0.15, 0.2) is 58.5 Å². The molecule has 138 valence electrons. The number of methoxy groups -OCH3 is 2. The van der Waals surface area contributed by atoms with Crippen LogP contribution >= 0.6 is 36.0 Å². The fourth-order valence-corrected chi connectivity index (χ4v) is 4.01. The molecule has 0 atom stereocenters. The highest BCUT2D eigenvalue weighted by Crippen LogP contribution is 2.37. The average molecular weight is 417 g/mol. The van der Waals surface area contributed by atoms with Crippen molar-refractivity contribution in [3.8, 4) is 5.75 Å². The van der Waals surface area contributed by atoms with Gasteiger partial charge < -0.3 is 9.47 Å². The Hall–Kier alpha value is -2.04. The number of halogens is 1. The van der Waals surface area contributed by atoms with Gasteiger partial charge in [0.2, 0.25) is 0 Å². The Morgan fingerprint density at radius 2 is 1.96 bits per heavy atom. The summed E-state index contributed by atoms with van der Waals surface area (Å²) in [6.07, 6.45) is 2.71. The van der Waals surface area contributed by atoms with Crippen LogP contribution in [0, 0.1) is 0 Å². The van der Waals surface area contributed by atoms with E-state index < -0.39 is 5.97 Å². The largest absolute Gasteiger partial charge is 0.495 e. The van der Waals surface area contributed by atoms with E-state index in [4.69, 9.17) is 21.1 Å². The molecule has 3 nitrogen and oxygen atoms in total. The summed E-state index contributed by atoms with van der Waals surface area (Å²) in [7, 11) is 2.95. The lowest BCUT2D eigenvalue weighted by Gasteiger charge is -2.09. The topological polar surface area (TPSA) is 35.5 Å². The molecule has 27 heavy (non-hydrogen) atoms. The maximum absolute atomic E-state index is 11.9. The molecule has 0 fully saturated rings. The molecule has 1 aliphatic rings. The first-order chi connectivity index (χ1) is 13.0. The van der Waals surface area contributed by atoms with E-state index in [1.165, 1.54) is 7.11 Å². The Morgan fingerprint density at radius 1 is 1.19 bits per heavy atom. The van der Waals surface area contributed by atoms with Crippen molar-refractivity contribution in [3.05, 3.63) is 75.3 Å². The second-order valence-electron chi connectivity index (χ2n) is 5.72. The van der Waals surface area contributed by atoms with Crippen LogP contribution < -0.4 is 4.74 Å². The van der Waals surface area contributed by atoms with Gasteiger partial charge in [-0.15, -0.1) is 18.4 Å². The van der Waals surface area contributed by atoms with Crippen LogP contribution in [0.3, 0.4) is 0 Å². The van der Waals surface area contributed by atoms with Gasteiger partial charge in [-0.3, -0.25) is 0 Å². The molecule has 0 aliphatic carbocycles. The molecule has 3 rings (SSSR count). The lowest BCUT2D eigenvalue weighted by Crippen LogP contribution is -2.03. The second kappa shape index (κ2) is 8.77. The van der Waals surface area contributed by atoms with Crippen molar-refractivity contribution in [2.45, 2.75) is 11.3 Å². The Labute approximate surface area is 173 Å². The number of carbonyl (C=O) groups excluding carboxylic acids is 1. The van der Waals surface area contributed by atoms with Gasteiger partial charge in [0.1, 0.15) is 5.75 Å². The molecule has 0 spiro atoms. The highest BCUT2D eigenvalue weighted by atomic mass is 35.5. The average Bonchev–Trinajstić information content (AvgIpc) is 2.94. The smallest absolute Gasteiger partial charge is 0.339 e. The van der Waals surface area contributed by atoms with Crippen LogP contribution in [0.4, 0.5) is 0 Å². The minimum atomic E-state index is -0.408. The van der Waals surface area contributed by atoms with Gasteiger partial charge in [0.05, 0.1) is 29.7 Å². The summed E-state index contributed by atoms with van der Waals surface area (Å²) in [5.41, 5.74) is 6.80. The second-order valence-corrected chi connectivity index (χ2v) is 7.48. The van der Waals surface area contributed by atoms with Crippen molar-refractivity contribution in [2.24, 2.45) is 0 Å². The van der Waals surface area contributed by atoms with Gasteiger partial charge in [0.25, 0.3) is 0 Å². The third-order valence-electron chi connectivity index (χ3n) is 4.06. The zero-order valence-corrected chi connectivity index (χ0v) is 17.3. The van der Waals surface area contributed by atoms with E-state index in [-0.39, 0.29) is 0 Å². The summed E-state index contributed by atoms with van der Waals surface area (Å²) in [4.78, 5) is 13.4. The van der Waals surface area contributed by atoms with E-state index in [0.717, 1.165) is 28.0 Å². The van der Waals surface area contributed by atoms with Crippen molar-refractivity contribution < 1.29 is 14.3 Å². The molecule has 0 amide bonds. The predicted molar refractivity (Wildman–Crippen MR) is 115 cm³/mol. The lowest BCUT2D eigenvalue weighted by molar-refractivity contribution is 0.0597. The van der Waals surface area contributed by atoms with E-state index in [1.807, 2.05) is 30.3 Å². The first-order valence-electron chi connectivity index (χ1n) is 8.10. The molecule has 2 aromatic carbocycles. The number of carbonyl (C=O) groups is 1. The van der Waals surface area contributed by atoms with Gasteiger partial charge in [0, 0.05) is 4.90 Å². The Bertz CT molecular complexity index is 989. The Morgan fingerprint density at radius 3 is 2.67 bits per heavy atom. The van der Waals surface area contributed by atoms with Crippen LogP contribution in [-0.4, -0.2) is 20.2 Å². The molecule has 0 unspecified atom stereocenters. The summed E-state index contributed by atoms with van der Waals surface area (Å²) >= 11 is 12.1. The summed E-state index contributed by atoms with van der Waals surface area (Å²) in [5, 5.41) is 2.66. The van der Waals surface area contributed by atoms with E-state index in [0.29, 0.717) is 21.2 Å². The quantitative estimate of drug-likeness (QED) is 0.371. The number of thioether (sulfide) groups is 1. The first kappa shape index (κ1) is 19.7. The predicted octanol–water partition coefficient (Wildman–Crippen LogP) is 6.10. The minimum Gasteiger partial charge on any atom is -0.495 e. The van der Waals surface area contributed by atoms with Crippen molar-refractivity contribution >= 4 is 52.4 Å². The van der Waals surface area contributed by atoms with Crippen molar-refractivity contribution in [1.82, 2.24) is 0 Å². The number of hydrogen-bond acceptors (Lipinski definition) is 5. The van der Waals surface area contributed by atoms with Gasteiger partial charge in [-0.05, 0) is 58.9 Å². The van der Waals surface area contributed by atoms with Gasteiger partial charge >= 0.3 is 5.97 Å². The maximum Gasteiger partial charge on any atom is 0.339 e. The fourth-order valence-electron chi connectivity index (χ4n) is 2.62. The summed E-state index contributed by atoms with van der Waals surface area (Å²) in [6.45, 7) is 0. The molecule has 1 heterocycles. The summed E-state index contributed by atoms with van der Waals surface area (Å²) < 4.78 is 10.0. The molecule has 0 bridgehead atoms. The molecule has 0 radical (unpaired) electrons. The van der Waals surface area contributed by atoms with Gasteiger partial charge in [-0.2, -0.15) is 0 Å². The number of allylic oxidation sites excluding steroid dienone is 2. The molecule has 1 aliphatic heterocycles. The normalized spacial score (nSPS) is 13.5. The van der Waals surface area contributed by atoms with Gasteiger partial charge in [0.15, 0.2) is 0 Å². The van der Waals surface area contributed by atoms with Crippen molar-refractivity contribution in [3.63, 3.8) is 0 Å². The minimum absolute atomic E-state index is 0.408. The summed E-state index contributed by atoms with van der Waals surface area (Å²) in [5.74, 6) is 0.244. The van der Waals surface area contributed by atoms with Crippen LogP contribution in [-0.2, 0) is 4.74 Å². The third kappa shape index (κ3) is 4.45. The summed E-state index contributed by atoms with van der Waals surface area (Å²) in [6, 6.07) is 11.2. The van der Waals surface area contributed by atoms with Crippen LogP contribution in [0.2, 0.25) is 5.02 Å². The molecule has 0 N–H and O–H groups in total. The van der Waals surface area contributed by atoms with E-state index in [2.05, 4.69) is 23.8 Å². The number of benzene rings is 2. The van der Waals surface area contributed by atoms with E-state index >= 15 is 0 Å². The standard InChI is InChI=1S/C21H17ClO3S2/c1-24-18-8-6-13(11-17(18)22)15-4-3-5-20(27-12-15)14-7-9-19(26)16(10-14)21(23)25-2/h3,6-12,26H,4H2,1-2H3. The fraction of sp³-hybridized carbons (Fsp3) is 0.143. The highest BCUT2D eigenvalue weighted by Gasteiger charge is 2.14. The van der Waals surface area contributed by atoms with Gasteiger partial charge in [-0.25, -0.2) is 4.79 Å². The number of thiol groups is 1. The highest BCUT2D eigenvalue weighted by molar-refractivity contribution is 8.11. The molecule has 0 saturated heterocycles. The lowest BCUT2D eigenvalue weighted by atomic mass is 10.0. The molecular weight excluding hydrogens is 400 g/mol. The number of hydrogen-bond donors (Lipinski definition) is 1. The SMILES string of the molecule is COC(=O)c1cc(C2=C=CCC(c3ccc(OC)c(Cl)c3)=CS2)ccc1S. The Balaban J connectivity index is 1.88. The zero-order valence-electron chi connectivity index (χ0n) is 14.8. The van der Waals surface area contributed by atoms with E-state index in [9.17, 15) is 4.79 Å². The third-order valence-corrected chi connectivity index (χ3v) is 5.74. The van der Waals surface area contributed by atoms with Crippen LogP contribution in [0.25, 0.3) is 10.5 Å². The molecule has 0 saturated carbocycles. The van der Waals surface area contributed by atoms with Crippen molar-refractivity contribution in [1.29, 1.82) is 0 Å². The zero-order chi connectivity index (χ0) is 19.4. The number of rotatable bonds is 4. The van der Waals surface area contributed by atoms with Crippen molar-refractivity contribution in [2.75, 3.05) is 14.2 Å². The number of esters is 1. The van der Waals surface area contributed by atoms with Crippen LogP contribution in [0.5, 0.6) is 5.75 Å². The monoisotopic (exact) mass is 416 g/mol.